The molecule has 3 saturated heterocycles. The van der Waals surface area contributed by atoms with Crippen molar-refractivity contribution in [2.75, 3.05) is 49.8 Å². The summed E-state index contributed by atoms with van der Waals surface area (Å²) in [7, 11) is 2.22. The molecule has 29 heavy (non-hydrogen) atoms. The molecule has 9 heteroatoms. The van der Waals surface area contributed by atoms with Crippen LogP contribution in [-0.4, -0.2) is 78.7 Å². The summed E-state index contributed by atoms with van der Waals surface area (Å²) >= 11 is 1.86. The van der Waals surface area contributed by atoms with Gasteiger partial charge in [0.25, 0.3) is 0 Å². The minimum atomic E-state index is 0. The van der Waals surface area contributed by atoms with Crippen LogP contribution in [-0.2, 0) is 4.79 Å². The molecule has 0 saturated carbocycles. The number of halogens is 3. The van der Waals surface area contributed by atoms with Gasteiger partial charge < -0.3 is 15.1 Å². The number of likely N-dealkylation sites (tertiary alicyclic amines) is 1. The first-order chi connectivity index (χ1) is 12.7. The first-order valence-electron chi connectivity index (χ1n) is 9.84. The molecule has 2 atom stereocenters. The Bertz CT molecular complexity index is 613. The van der Waals surface area contributed by atoms with Crippen LogP contribution in [0.1, 0.15) is 19.3 Å². The SMILES string of the molecule is CN(c1ccccc1)C1CCN([C@@H]2CN[C@H](C(=O)N3CCSC3)C2)CC1.Cl.Cl.Cl. The van der Waals surface area contributed by atoms with E-state index in [9.17, 15) is 4.79 Å². The van der Waals surface area contributed by atoms with E-state index in [1.807, 2.05) is 16.7 Å². The van der Waals surface area contributed by atoms with Crippen LogP contribution in [0.25, 0.3) is 0 Å². The fourth-order valence-corrected chi connectivity index (χ4v) is 5.46. The van der Waals surface area contributed by atoms with Gasteiger partial charge in [-0.1, -0.05) is 18.2 Å². The number of piperidine rings is 1. The van der Waals surface area contributed by atoms with Gasteiger partial charge >= 0.3 is 0 Å². The molecular formula is C20H33Cl3N4OS. The number of para-hydroxylation sites is 1. The molecule has 0 spiro atoms. The van der Waals surface area contributed by atoms with Crippen LogP contribution in [0, 0.1) is 0 Å². The van der Waals surface area contributed by atoms with Gasteiger partial charge in [-0.3, -0.25) is 9.69 Å². The van der Waals surface area contributed by atoms with Crippen molar-refractivity contribution < 1.29 is 4.79 Å². The van der Waals surface area contributed by atoms with E-state index in [-0.39, 0.29) is 43.3 Å². The van der Waals surface area contributed by atoms with Crippen molar-refractivity contribution in [1.82, 2.24) is 15.1 Å². The number of nitrogens with zero attached hydrogens (tertiary/aromatic N) is 3. The molecule has 4 rings (SSSR count). The van der Waals surface area contributed by atoms with E-state index in [0.29, 0.717) is 18.0 Å². The molecule has 0 aromatic heterocycles. The van der Waals surface area contributed by atoms with Crippen molar-refractivity contribution in [2.45, 2.75) is 37.4 Å². The molecule has 166 valence electrons. The number of amides is 1. The lowest BCUT2D eigenvalue weighted by molar-refractivity contribution is -0.131. The Labute approximate surface area is 197 Å². The van der Waals surface area contributed by atoms with Gasteiger partial charge in [0.1, 0.15) is 0 Å². The summed E-state index contributed by atoms with van der Waals surface area (Å²) in [6.45, 7) is 4.14. The van der Waals surface area contributed by atoms with E-state index in [4.69, 9.17) is 0 Å². The summed E-state index contributed by atoms with van der Waals surface area (Å²) in [6, 6.07) is 11.8. The summed E-state index contributed by atoms with van der Waals surface area (Å²) in [4.78, 5) is 19.7. The van der Waals surface area contributed by atoms with Gasteiger partial charge in [-0.05, 0) is 31.4 Å². The number of hydrogen-bond donors (Lipinski definition) is 1. The molecule has 0 bridgehead atoms. The normalized spacial score (nSPS) is 24.9. The van der Waals surface area contributed by atoms with Gasteiger partial charge in [-0.2, -0.15) is 0 Å². The number of rotatable bonds is 4. The minimum absolute atomic E-state index is 0. The molecule has 5 nitrogen and oxygen atoms in total. The van der Waals surface area contributed by atoms with Crippen LogP contribution in [0.5, 0.6) is 0 Å². The monoisotopic (exact) mass is 482 g/mol. The Hall–Kier alpha value is -0.370. The highest BCUT2D eigenvalue weighted by atomic mass is 35.5. The molecule has 0 unspecified atom stereocenters. The zero-order valence-electron chi connectivity index (χ0n) is 16.9. The minimum Gasteiger partial charge on any atom is -0.372 e. The van der Waals surface area contributed by atoms with Gasteiger partial charge in [0.05, 0.1) is 11.9 Å². The van der Waals surface area contributed by atoms with Crippen molar-refractivity contribution in [1.29, 1.82) is 0 Å². The van der Waals surface area contributed by atoms with Gasteiger partial charge in [0.15, 0.2) is 0 Å². The molecule has 1 N–H and O–H groups in total. The number of benzene rings is 1. The molecule has 3 fully saturated rings. The predicted molar refractivity (Wildman–Crippen MR) is 130 cm³/mol. The lowest BCUT2D eigenvalue weighted by Crippen LogP contribution is -2.48. The number of nitrogens with one attached hydrogen (secondary N) is 1. The Morgan fingerprint density at radius 2 is 1.79 bits per heavy atom. The van der Waals surface area contributed by atoms with Gasteiger partial charge in [-0.15, -0.1) is 49.0 Å². The Morgan fingerprint density at radius 3 is 2.41 bits per heavy atom. The van der Waals surface area contributed by atoms with Crippen molar-refractivity contribution in [2.24, 2.45) is 0 Å². The molecule has 1 amide bonds. The third kappa shape index (κ3) is 6.31. The quantitative estimate of drug-likeness (QED) is 0.712. The van der Waals surface area contributed by atoms with Crippen LogP contribution >= 0.6 is 49.0 Å². The van der Waals surface area contributed by atoms with Crippen LogP contribution in [0.15, 0.2) is 30.3 Å². The van der Waals surface area contributed by atoms with Crippen LogP contribution < -0.4 is 10.2 Å². The Balaban J connectivity index is 0.00000140. The zero-order chi connectivity index (χ0) is 17.9. The highest BCUT2D eigenvalue weighted by Gasteiger charge is 2.37. The number of carbonyl (C=O) groups excluding carboxylic acids is 1. The average molecular weight is 484 g/mol. The molecule has 3 aliphatic rings. The van der Waals surface area contributed by atoms with Crippen LogP contribution in [0.4, 0.5) is 5.69 Å². The fraction of sp³-hybridized carbons (Fsp3) is 0.650. The lowest BCUT2D eigenvalue weighted by Gasteiger charge is -2.40. The standard InChI is InChI=1S/C20H30N4OS.3ClH/c1-22(16-5-3-2-4-6-16)17-7-9-23(10-8-17)18-13-19(21-14-18)20(25)24-11-12-26-15-24;;;/h2-6,17-19,21H,7-15H2,1H3;3*1H/t18-,19-;;;/m0.../s1. The molecule has 3 aliphatic heterocycles. The van der Waals surface area contributed by atoms with Crippen LogP contribution in [0.3, 0.4) is 0 Å². The van der Waals surface area contributed by atoms with Gasteiger partial charge in [-0.25, -0.2) is 0 Å². The first-order valence-corrected chi connectivity index (χ1v) is 11.0. The first kappa shape index (κ1) is 26.7. The van der Waals surface area contributed by atoms with Gasteiger partial charge in [0.2, 0.25) is 5.91 Å². The summed E-state index contributed by atoms with van der Waals surface area (Å²) in [6.07, 6.45) is 3.37. The third-order valence-electron chi connectivity index (χ3n) is 6.20. The predicted octanol–water partition coefficient (Wildman–Crippen LogP) is 3.12. The lowest BCUT2D eigenvalue weighted by atomic mass is 10.00. The van der Waals surface area contributed by atoms with E-state index >= 15 is 0 Å². The van der Waals surface area contributed by atoms with E-state index in [1.165, 1.54) is 18.5 Å². The molecule has 3 heterocycles. The molecule has 0 radical (unpaired) electrons. The van der Waals surface area contributed by atoms with Crippen LogP contribution in [0.2, 0.25) is 0 Å². The summed E-state index contributed by atoms with van der Waals surface area (Å²) in [5.74, 6) is 2.28. The van der Waals surface area contributed by atoms with Crippen molar-refractivity contribution >= 4 is 60.6 Å². The second-order valence-corrected chi connectivity index (χ2v) is 8.78. The number of hydrogen-bond acceptors (Lipinski definition) is 5. The molecular weight excluding hydrogens is 451 g/mol. The van der Waals surface area contributed by atoms with Crippen molar-refractivity contribution in [3.8, 4) is 0 Å². The summed E-state index contributed by atoms with van der Waals surface area (Å²) < 4.78 is 0. The fourth-order valence-electron chi connectivity index (χ4n) is 4.50. The topological polar surface area (TPSA) is 38.8 Å². The smallest absolute Gasteiger partial charge is 0.240 e. The Kier molecular flexibility index (Phi) is 11.5. The Morgan fingerprint density at radius 1 is 1.10 bits per heavy atom. The maximum absolute atomic E-state index is 12.6. The maximum atomic E-state index is 12.6. The number of anilines is 1. The van der Waals surface area contributed by atoms with Crippen molar-refractivity contribution in [3.63, 3.8) is 0 Å². The molecule has 1 aromatic rings. The van der Waals surface area contributed by atoms with E-state index in [0.717, 1.165) is 44.2 Å². The third-order valence-corrected chi connectivity index (χ3v) is 7.16. The van der Waals surface area contributed by atoms with Gasteiger partial charge in [0, 0.05) is 56.8 Å². The molecule has 0 aliphatic carbocycles. The van der Waals surface area contributed by atoms with E-state index in [1.54, 1.807) is 0 Å². The highest BCUT2D eigenvalue weighted by molar-refractivity contribution is 7.99. The summed E-state index contributed by atoms with van der Waals surface area (Å²) in [5, 5.41) is 3.49. The van der Waals surface area contributed by atoms with Crippen molar-refractivity contribution in [3.05, 3.63) is 30.3 Å². The number of thioether (sulfide) groups is 1. The summed E-state index contributed by atoms with van der Waals surface area (Å²) in [5.41, 5.74) is 1.31. The largest absolute Gasteiger partial charge is 0.372 e. The maximum Gasteiger partial charge on any atom is 0.240 e. The second-order valence-electron chi connectivity index (χ2n) is 7.70. The second kappa shape index (κ2) is 12.5. The molecule has 1 aromatic carbocycles. The highest BCUT2D eigenvalue weighted by Crippen LogP contribution is 2.26. The van der Waals surface area contributed by atoms with E-state index in [2.05, 4.69) is 52.5 Å². The number of carbonyl (C=O) groups is 1. The average Bonchev–Trinajstić information content (AvgIpc) is 3.40. The zero-order valence-corrected chi connectivity index (χ0v) is 20.1. The van der Waals surface area contributed by atoms with E-state index < -0.39 is 0 Å².